The quantitative estimate of drug-likeness (QED) is 0.334. The van der Waals surface area contributed by atoms with Crippen LogP contribution in [0, 0.1) is 0 Å². The number of pyridine rings is 1. The van der Waals surface area contributed by atoms with Gasteiger partial charge in [-0.3, -0.25) is 4.98 Å². The van der Waals surface area contributed by atoms with Crippen molar-refractivity contribution in [2.75, 3.05) is 0 Å². The molecule has 0 aliphatic rings. The van der Waals surface area contributed by atoms with E-state index in [1.807, 2.05) is 36.4 Å². The lowest BCUT2D eigenvalue weighted by Crippen LogP contribution is -2.11. The first-order valence-electron chi connectivity index (χ1n) is 10.7. The Balaban J connectivity index is 1.74. The summed E-state index contributed by atoms with van der Waals surface area (Å²) in [5.41, 5.74) is 7.15. The third-order valence-electron chi connectivity index (χ3n) is 5.63. The molecule has 0 aliphatic carbocycles. The van der Waals surface area contributed by atoms with Crippen molar-refractivity contribution in [3.63, 3.8) is 0 Å². The highest BCUT2D eigenvalue weighted by atomic mass is 16.3. The zero-order valence-corrected chi connectivity index (χ0v) is 18.3. The smallest absolute Gasteiger partial charge is 0.231 e. The summed E-state index contributed by atoms with van der Waals surface area (Å²) in [7, 11) is 0. The summed E-state index contributed by atoms with van der Waals surface area (Å²) in [6, 6.07) is 25.6. The highest BCUT2D eigenvalue weighted by Gasteiger charge is 2.21. The van der Waals surface area contributed by atoms with Gasteiger partial charge >= 0.3 is 0 Å². The Morgan fingerprint density at radius 1 is 0.781 bits per heavy atom. The topological polar surface area (TPSA) is 59.2 Å². The third-order valence-corrected chi connectivity index (χ3v) is 5.63. The summed E-state index contributed by atoms with van der Waals surface area (Å²) in [6.45, 7) is 6.55. The third kappa shape index (κ3) is 3.65. The predicted molar refractivity (Wildman–Crippen MR) is 128 cm³/mol. The minimum atomic E-state index is -0.0661. The molecule has 0 amide bonds. The molecule has 0 atom stereocenters. The maximum absolute atomic E-state index is 10.3. The summed E-state index contributed by atoms with van der Waals surface area (Å²) in [5, 5.41) is 10.3. The van der Waals surface area contributed by atoms with Crippen LogP contribution in [0.3, 0.4) is 0 Å². The largest absolute Gasteiger partial charge is 0.507 e. The Kier molecular flexibility index (Phi) is 4.78. The molecule has 0 spiro atoms. The normalized spacial score (nSPS) is 11.7. The van der Waals surface area contributed by atoms with Gasteiger partial charge in [0.25, 0.3) is 0 Å². The molecule has 0 bridgehead atoms. The van der Waals surface area contributed by atoms with Crippen molar-refractivity contribution in [1.82, 2.24) is 9.97 Å². The van der Waals surface area contributed by atoms with Crippen LogP contribution in [0.5, 0.6) is 5.75 Å². The molecular weight excluding hydrogens is 396 g/mol. The maximum Gasteiger partial charge on any atom is 0.231 e. The van der Waals surface area contributed by atoms with Gasteiger partial charge in [0.1, 0.15) is 11.3 Å². The van der Waals surface area contributed by atoms with E-state index in [1.54, 1.807) is 18.3 Å². The van der Waals surface area contributed by atoms with Crippen LogP contribution in [-0.2, 0) is 5.41 Å². The molecule has 0 aliphatic heterocycles. The van der Waals surface area contributed by atoms with Crippen LogP contribution in [-0.4, -0.2) is 15.1 Å². The zero-order chi connectivity index (χ0) is 22.3. The number of benzene rings is 3. The molecule has 0 fully saturated rings. The SMILES string of the molecule is CC(C)(C)c1cc(-c2cccc(-c3ccccn3)c2)c2nc(-c3ccccc3O)oc2c1. The second kappa shape index (κ2) is 7.65. The minimum Gasteiger partial charge on any atom is -0.507 e. The van der Waals surface area contributed by atoms with Crippen LogP contribution in [0.2, 0.25) is 0 Å². The number of nitrogens with zero attached hydrogens (tertiary/aromatic N) is 2. The number of phenolic OH excluding ortho intramolecular Hbond substituents is 1. The van der Waals surface area contributed by atoms with E-state index >= 15 is 0 Å². The van der Waals surface area contributed by atoms with Gasteiger partial charge in [-0.25, -0.2) is 4.98 Å². The zero-order valence-electron chi connectivity index (χ0n) is 18.3. The summed E-state index contributed by atoms with van der Waals surface area (Å²) < 4.78 is 6.16. The Morgan fingerprint density at radius 3 is 2.31 bits per heavy atom. The van der Waals surface area contributed by atoms with Gasteiger partial charge in [-0.1, -0.05) is 57.2 Å². The van der Waals surface area contributed by atoms with Gasteiger partial charge < -0.3 is 9.52 Å². The highest BCUT2D eigenvalue weighted by Crippen LogP contribution is 2.38. The highest BCUT2D eigenvalue weighted by molar-refractivity contribution is 5.94. The molecule has 4 heteroatoms. The molecule has 2 aromatic heterocycles. The first kappa shape index (κ1) is 20.0. The monoisotopic (exact) mass is 420 g/mol. The van der Waals surface area contributed by atoms with Gasteiger partial charge in [-0.15, -0.1) is 0 Å². The Bertz CT molecular complexity index is 1410. The molecule has 1 N–H and O–H groups in total. The van der Waals surface area contributed by atoms with Crippen LogP contribution in [0.25, 0.3) is 44.9 Å². The molecular formula is C28H24N2O2. The van der Waals surface area contributed by atoms with E-state index < -0.39 is 0 Å². The number of rotatable bonds is 3. The number of hydrogen-bond acceptors (Lipinski definition) is 4. The number of phenols is 1. The molecule has 5 aromatic rings. The number of aromatic hydroxyl groups is 1. The van der Waals surface area contributed by atoms with E-state index in [-0.39, 0.29) is 11.2 Å². The van der Waals surface area contributed by atoms with Crippen molar-refractivity contribution in [1.29, 1.82) is 0 Å². The first-order valence-corrected chi connectivity index (χ1v) is 10.7. The lowest BCUT2D eigenvalue weighted by Gasteiger charge is -2.20. The second-order valence-electron chi connectivity index (χ2n) is 8.95. The van der Waals surface area contributed by atoms with E-state index in [4.69, 9.17) is 9.40 Å². The summed E-state index contributed by atoms with van der Waals surface area (Å²) in [5.74, 6) is 0.556. The average Bonchev–Trinajstić information content (AvgIpc) is 3.23. The van der Waals surface area contributed by atoms with Gasteiger partial charge in [-0.2, -0.15) is 0 Å². The second-order valence-corrected chi connectivity index (χ2v) is 8.95. The number of para-hydroxylation sites is 1. The van der Waals surface area contributed by atoms with Crippen molar-refractivity contribution in [2.45, 2.75) is 26.2 Å². The van der Waals surface area contributed by atoms with Crippen molar-refractivity contribution < 1.29 is 9.52 Å². The lowest BCUT2D eigenvalue weighted by atomic mass is 9.85. The molecule has 3 aromatic carbocycles. The van der Waals surface area contributed by atoms with E-state index in [0.717, 1.165) is 33.5 Å². The van der Waals surface area contributed by atoms with Gasteiger partial charge in [-0.05, 0) is 59.0 Å². The fourth-order valence-electron chi connectivity index (χ4n) is 3.83. The van der Waals surface area contributed by atoms with Crippen molar-refractivity contribution in [3.8, 4) is 39.6 Å². The number of oxazole rings is 1. The van der Waals surface area contributed by atoms with Crippen LogP contribution in [0.15, 0.2) is 89.5 Å². The van der Waals surface area contributed by atoms with Crippen LogP contribution >= 0.6 is 0 Å². The van der Waals surface area contributed by atoms with E-state index in [0.29, 0.717) is 17.0 Å². The van der Waals surface area contributed by atoms with Crippen LogP contribution in [0.4, 0.5) is 0 Å². The van der Waals surface area contributed by atoms with Crippen molar-refractivity contribution in [2.24, 2.45) is 0 Å². The lowest BCUT2D eigenvalue weighted by molar-refractivity contribution is 0.474. The van der Waals surface area contributed by atoms with E-state index in [9.17, 15) is 5.11 Å². The van der Waals surface area contributed by atoms with E-state index in [1.165, 1.54) is 0 Å². The fourth-order valence-corrected chi connectivity index (χ4v) is 3.83. The Morgan fingerprint density at radius 2 is 1.56 bits per heavy atom. The summed E-state index contributed by atoms with van der Waals surface area (Å²) in [6.07, 6.45) is 1.80. The standard InChI is InChI=1S/C28H24N2O2/c1-28(2,3)20-16-22(18-9-8-10-19(15-18)23-12-6-7-14-29-23)26-25(17-20)32-27(30-26)21-11-4-5-13-24(21)31/h4-17,31H,1-3H3. The van der Waals surface area contributed by atoms with Gasteiger partial charge in [0.2, 0.25) is 5.89 Å². The van der Waals surface area contributed by atoms with Gasteiger partial charge in [0, 0.05) is 17.3 Å². The minimum absolute atomic E-state index is 0.0661. The Hall–Kier alpha value is -3.92. The first-order chi connectivity index (χ1) is 15.4. The molecule has 2 heterocycles. The molecule has 0 radical (unpaired) electrons. The van der Waals surface area contributed by atoms with Crippen molar-refractivity contribution in [3.05, 3.63) is 90.6 Å². The maximum atomic E-state index is 10.3. The average molecular weight is 421 g/mol. The Labute approximate surface area is 187 Å². The molecule has 0 unspecified atom stereocenters. The number of fused-ring (bicyclic) bond motifs is 1. The van der Waals surface area contributed by atoms with Crippen molar-refractivity contribution >= 4 is 11.1 Å². The van der Waals surface area contributed by atoms with Crippen LogP contribution in [0.1, 0.15) is 26.3 Å². The van der Waals surface area contributed by atoms with Gasteiger partial charge in [0.15, 0.2) is 5.58 Å². The molecule has 158 valence electrons. The predicted octanol–water partition coefficient (Wildman–Crippen LogP) is 7.23. The fraction of sp³-hybridized carbons (Fsp3) is 0.143. The summed E-state index contributed by atoms with van der Waals surface area (Å²) in [4.78, 5) is 9.30. The number of aromatic nitrogens is 2. The molecule has 32 heavy (non-hydrogen) atoms. The summed E-state index contributed by atoms with van der Waals surface area (Å²) >= 11 is 0. The number of hydrogen-bond donors (Lipinski definition) is 1. The van der Waals surface area contributed by atoms with Gasteiger partial charge in [0.05, 0.1) is 11.3 Å². The molecule has 0 saturated carbocycles. The van der Waals surface area contributed by atoms with Crippen LogP contribution < -0.4 is 0 Å². The molecule has 4 nitrogen and oxygen atoms in total. The van der Waals surface area contributed by atoms with E-state index in [2.05, 4.69) is 56.1 Å². The molecule has 0 saturated heterocycles. The molecule has 5 rings (SSSR count).